The maximum Gasteiger partial charge on any atom is 0.339 e. The van der Waals surface area contributed by atoms with Crippen LogP contribution in [-0.4, -0.2) is 53.2 Å². The van der Waals surface area contributed by atoms with Gasteiger partial charge in [0.1, 0.15) is 12.7 Å². The van der Waals surface area contributed by atoms with Crippen LogP contribution in [0.2, 0.25) is 0 Å². The highest BCUT2D eigenvalue weighted by molar-refractivity contribution is 5.91. The van der Waals surface area contributed by atoms with Crippen molar-refractivity contribution in [3.8, 4) is 0 Å². The molecule has 1 fully saturated rings. The molecule has 1 aliphatic rings. The van der Waals surface area contributed by atoms with E-state index in [1.807, 2.05) is 0 Å². The predicted molar refractivity (Wildman–Crippen MR) is 133 cm³/mol. The van der Waals surface area contributed by atoms with Crippen molar-refractivity contribution >= 4 is 17.9 Å². The third-order valence-corrected chi connectivity index (χ3v) is 5.99. The van der Waals surface area contributed by atoms with Gasteiger partial charge in [-0.2, -0.15) is 0 Å². The molecule has 4 atom stereocenters. The average molecular weight is 503 g/mol. The summed E-state index contributed by atoms with van der Waals surface area (Å²) in [6, 6.07) is 24.5. The number of esters is 3. The van der Waals surface area contributed by atoms with Crippen LogP contribution < -0.4 is 0 Å². The van der Waals surface area contributed by atoms with Gasteiger partial charge in [0, 0.05) is 0 Å². The van der Waals surface area contributed by atoms with E-state index in [4.69, 9.17) is 18.9 Å². The lowest BCUT2D eigenvalue weighted by molar-refractivity contribution is -0.218. The first-order valence-electron chi connectivity index (χ1n) is 11.6. The van der Waals surface area contributed by atoms with Crippen molar-refractivity contribution < 1.29 is 38.4 Å². The Balaban J connectivity index is 1.66. The number of hydrogen-bond acceptors (Lipinski definition) is 8. The lowest BCUT2D eigenvalue weighted by Crippen LogP contribution is -2.55. The fourth-order valence-corrected chi connectivity index (χ4v) is 4.15. The zero-order chi connectivity index (χ0) is 26.5. The van der Waals surface area contributed by atoms with Gasteiger partial charge in [-0.15, -0.1) is 0 Å². The Hall–Kier alpha value is -4.27. The van der Waals surface area contributed by atoms with E-state index in [9.17, 15) is 19.5 Å². The van der Waals surface area contributed by atoms with E-state index in [0.29, 0.717) is 5.56 Å². The monoisotopic (exact) mass is 502 g/mol. The molecule has 0 aromatic heterocycles. The van der Waals surface area contributed by atoms with Crippen LogP contribution in [0.3, 0.4) is 0 Å². The van der Waals surface area contributed by atoms with Gasteiger partial charge in [-0.3, -0.25) is 0 Å². The average Bonchev–Trinajstić information content (AvgIpc) is 3.14. The third-order valence-electron chi connectivity index (χ3n) is 5.99. The molecule has 0 amide bonds. The largest absolute Gasteiger partial charge is 0.459 e. The molecule has 0 bridgehead atoms. The topological polar surface area (TPSA) is 108 Å². The van der Waals surface area contributed by atoms with Gasteiger partial charge in [-0.25, -0.2) is 14.4 Å². The quantitative estimate of drug-likeness (QED) is 0.280. The highest BCUT2D eigenvalue weighted by atomic mass is 16.7. The molecule has 190 valence electrons. The SMILES string of the molecule is C=C[C@@]1(OC(=O)c2ccccc2)[C@@H](COC(=O)c2ccccc2)OC(C)(O)[C@@H]1OC(=O)c1ccccc1. The van der Waals surface area contributed by atoms with Crippen molar-refractivity contribution in [2.45, 2.75) is 30.5 Å². The summed E-state index contributed by atoms with van der Waals surface area (Å²) in [5.41, 5.74) is -1.18. The van der Waals surface area contributed by atoms with Crippen LogP contribution >= 0.6 is 0 Å². The van der Waals surface area contributed by atoms with E-state index in [1.165, 1.54) is 25.1 Å². The maximum absolute atomic E-state index is 13.1. The predicted octanol–water partition coefficient (Wildman–Crippen LogP) is 3.96. The summed E-state index contributed by atoms with van der Waals surface area (Å²) in [4.78, 5) is 38.7. The molecule has 3 aromatic rings. The Morgan fingerprint density at radius 3 is 1.78 bits per heavy atom. The number of ether oxygens (including phenoxy) is 4. The third kappa shape index (κ3) is 5.45. The van der Waals surface area contributed by atoms with E-state index in [2.05, 4.69) is 6.58 Å². The Morgan fingerprint density at radius 2 is 1.30 bits per heavy atom. The van der Waals surface area contributed by atoms with Crippen molar-refractivity contribution in [3.05, 3.63) is 120 Å². The van der Waals surface area contributed by atoms with E-state index in [1.54, 1.807) is 78.9 Å². The Kier molecular flexibility index (Phi) is 7.52. The molecule has 1 aliphatic heterocycles. The summed E-state index contributed by atoms with van der Waals surface area (Å²) in [7, 11) is 0. The van der Waals surface area contributed by atoms with Gasteiger partial charge in [0.15, 0.2) is 0 Å². The van der Waals surface area contributed by atoms with Gasteiger partial charge in [0.05, 0.1) is 16.7 Å². The summed E-state index contributed by atoms with van der Waals surface area (Å²) in [6.07, 6.45) is -1.58. The highest BCUT2D eigenvalue weighted by Gasteiger charge is 2.66. The number of carbonyl (C=O) groups is 3. The fourth-order valence-electron chi connectivity index (χ4n) is 4.15. The summed E-state index contributed by atoms with van der Waals surface area (Å²) >= 11 is 0. The second-order valence-electron chi connectivity index (χ2n) is 8.59. The molecule has 8 nitrogen and oxygen atoms in total. The lowest BCUT2D eigenvalue weighted by atomic mass is 9.89. The maximum atomic E-state index is 13.1. The minimum Gasteiger partial charge on any atom is -0.459 e. The summed E-state index contributed by atoms with van der Waals surface area (Å²) in [5.74, 6) is -4.33. The summed E-state index contributed by atoms with van der Waals surface area (Å²) < 4.78 is 22.7. The van der Waals surface area contributed by atoms with E-state index >= 15 is 0 Å². The first-order chi connectivity index (χ1) is 17.8. The van der Waals surface area contributed by atoms with Crippen molar-refractivity contribution in [3.63, 3.8) is 0 Å². The van der Waals surface area contributed by atoms with E-state index in [0.717, 1.165) is 0 Å². The highest BCUT2D eigenvalue weighted by Crippen LogP contribution is 2.43. The first kappa shape index (κ1) is 25.8. The van der Waals surface area contributed by atoms with Crippen LogP contribution in [0.15, 0.2) is 104 Å². The Morgan fingerprint density at radius 1 is 0.838 bits per heavy atom. The summed E-state index contributed by atoms with van der Waals surface area (Å²) in [6.45, 7) is 4.63. The van der Waals surface area contributed by atoms with Gasteiger partial charge in [0.25, 0.3) is 0 Å². The van der Waals surface area contributed by atoms with Crippen LogP contribution in [0.5, 0.6) is 0 Å². The van der Waals surface area contributed by atoms with Crippen molar-refractivity contribution in [2.75, 3.05) is 6.61 Å². The minimum atomic E-state index is -2.13. The second kappa shape index (κ2) is 10.8. The normalized spacial score (nSPS) is 24.6. The molecule has 3 aromatic carbocycles. The van der Waals surface area contributed by atoms with Gasteiger partial charge in [-0.1, -0.05) is 61.2 Å². The molecule has 0 spiro atoms. The Bertz CT molecular complexity index is 1260. The van der Waals surface area contributed by atoms with Crippen molar-refractivity contribution in [1.82, 2.24) is 0 Å². The number of aliphatic hydroxyl groups is 1. The zero-order valence-electron chi connectivity index (χ0n) is 20.1. The van der Waals surface area contributed by atoms with Crippen LogP contribution in [0.25, 0.3) is 0 Å². The molecule has 0 saturated carbocycles. The van der Waals surface area contributed by atoms with Gasteiger partial charge in [0.2, 0.25) is 17.5 Å². The molecule has 1 heterocycles. The first-order valence-corrected chi connectivity index (χ1v) is 11.6. The van der Waals surface area contributed by atoms with Crippen LogP contribution in [-0.2, 0) is 18.9 Å². The molecule has 37 heavy (non-hydrogen) atoms. The van der Waals surface area contributed by atoms with Gasteiger partial charge in [-0.05, 0) is 49.4 Å². The van der Waals surface area contributed by atoms with Gasteiger partial charge >= 0.3 is 17.9 Å². The molecule has 1 N–H and O–H groups in total. The Labute approximate surface area is 214 Å². The fraction of sp³-hybridized carbons (Fsp3) is 0.207. The standard InChI is InChI=1S/C29H26O8/c1-3-29(37-26(32)22-17-11-6-12-18-22)23(19-34-24(30)20-13-7-4-8-14-20)36-28(2,33)27(29)35-25(31)21-15-9-5-10-16-21/h3-18,23,27,33H,1,19H2,2H3/t23-,27+,28?,29-/m1/s1. The van der Waals surface area contributed by atoms with E-state index < -0.39 is 48.1 Å². The van der Waals surface area contributed by atoms with Crippen molar-refractivity contribution in [2.24, 2.45) is 0 Å². The lowest BCUT2D eigenvalue weighted by Gasteiger charge is -2.35. The molecule has 8 heteroatoms. The number of benzene rings is 3. The van der Waals surface area contributed by atoms with E-state index in [-0.39, 0.29) is 11.1 Å². The van der Waals surface area contributed by atoms with Gasteiger partial charge < -0.3 is 24.1 Å². The smallest absolute Gasteiger partial charge is 0.339 e. The summed E-state index contributed by atoms with van der Waals surface area (Å²) in [5, 5.41) is 11.2. The molecular formula is C29H26O8. The minimum absolute atomic E-state index is 0.212. The van der Waals surface area contributed by atoms with Crippen molar-refractivity contribution in [1.29, 1.82) is 0 Å². The molecule has 0 aliphatic carbocycles. The van der Waals surface area contributed by atoms with Crippen LogP contribution in [0.1, 0.15) is 38.0 Å². The molecular weight excluding hydrogens is 476 g/mol. The zero-order valence-corrected chi connectivity index (χ0v) is 20.1. The van der Waals surface area contributed by atoms with Crippen LogP contribution in [0.4, 0.5) is 0 Å². The molecule has 1 unspecified atom stereocenters. The number of hydrogen-bond donors (Lipinski definition) is 1. The molecule has 1 saturated heterocycles. The number of carbonyl (C=O) groups excluding carboxylic acids is 3. The molecule has 0 radical (unpaired) electrons. The second-order valence-corrected chi connectivity index (χ2v) is 8.59. The molecule has 4 rings (SSSR count). The number of rotatable bonds is 8. The van der Waals surface area contributed by atoms with Crippen LogP contribution in [0, 0.1) is 0 Å².